The van der Waals surface area contributed by atoms with Crippen molar-refractivity contribution in [1.82, 2.24) is 0 Å². The molecule has 0 saturated heterocycles. The number of nitrogens with zero attached hydrogens (tertiary/aromatic N) is 2. The maximum atomic E-state index is 13.3. The van der Waals surface area contributed by atoms with Crippen LogP contribution >= 0.6 is 0 Å². The van der Waals surface area contributed by atoms with Gasteiger partial charge < -0.3 is 15.7 Å². The van der Waals surface area contributed by atoms with Gasteiger partial charge in [-0.25, -0.2) is 0 Å². The van der Waals surface area contributed by atoms with E-state index in [4.69, 9.17) is 15.7 Å². The summed E-state index contributed by atoms with van der Waals surface area (Å²) in [7, 11) is 0. The normalized spacial score (nSPS) is 13.1. The highest BCUT2D eigenvalue weighted by Gasteiger charge is 2.18. The molecule has 0 aromatic heterocycles. The van der Waals surface area contributed by atoms with E-state index >= 15 is 0 Å². The van der Waals surface area contributed by atoms with Crippen LogP contribution in [0.2, 0.25) is 0 Å². The van der Waals surface area contributed by atoms with Crippen LogP contribution in [0, 0.1) is 15.9 Å². The van der Waals surface area contributed by atoms with Crippen LogP contribution in [0.5, 0.6) is 5.75 Å². The Morgan fingerprint density at radius 2 is 2.39 bits per heavy atom. The van der Waals surface area contributed by atoms with Gasteiger partial charge in [0.25, 0.3) is 0 Å². The molecule has 3 N–H and O–H groups in total. The van der Waals surface area contributed by atoms with Crippen molar-refractivity contribution >= 4 is 11.5 Å². The Labute approximate surface area is 102 Å². The molecule has 0 aliphatic carbocycles. The molecule has 98 valence electrons. The van der Waals surface area contributed by atoms with E-state index < -0.39 is 22.5 Å². The highest BCUT2D eigenvalue weighted by molar-refractivity contribution is 5.84. The second kappa shape index (κ2) is 5.80. The molecule has 0 radical (unpaired) electrons. The first-order chi connectivity index (χ1) is 8.49. The summed E-state index contributed by atoms with van der Waals surface area (Å²) in [6.45, 7) is 1.73. The van der Waals surface area contributed by atoms with Gasteiger partial charge in [-0.1, -0.05) is 12.1 Å². The van der Waals surface area contributed by atoms with Crippen molar-refractivity contribution in [3.05, 3.63) is 34.1 Å². The summed E-state index contributed by atoms with van der Waals surface area (Å²) >= 11 is 0. The Balaban J connectivity index is 2.92. The number of hydrogen-bond acceptors (Lipinski definition) is 5. The Bertz CT molecular complexity index is 478. The number of oxime groups is 1. The molecule has 0 spiro atoms. The van der Waals surface area contributed by atoms with Crippen LogP contribution in [0.25, 0.3) is 0 Å². The van der Waals surface area contributed by atoms with Gasteiger partial charge in [-0.3, -0.25) is 10.1 Å². The first kappa shape index (κ1) is 13.7. The zero-order valence-corrected chi connectivity index (χ0v) is 9.54. The molecule has 0 heterocycles. The van der Waals surface area contributed by atoms with Crippen molar-refractivity contribution < 1.29 is 19.3 Å². The van der Waals surface area contributed by atoms with E-state index in [1.807, 2.05) is 0 Å². The first-order valence-electron chi connectivity index (χ1n) is 5.07. The number of hydrogen-bond donors (Lipinski definition) is 2. The van der Waals surface area contributed by atoms with Crippen LogP contribution in [-0.4, -0.2) is 22.1 Å². The van der Waals surface area contributed by atoms with Crippen molar-refractivity contribution in [1.29, 1.82) is 0 Å². The molecule has 0 amide bonds. The average molecular weight is 257 g/mol. The Morgan fingerprint density at radius 3 is 2.83 bits per heavy atom. The third-order valence-electron chi connectivity index (χ3n) is 2.21. The van der Waals surface area contributed by atoms with Gasteiger partial charge in [0.15, 0.2) is 11.9 Å². The highest BCUT2D eigenvalue weighted by Crippen LogP contribution is 2.23. The molecule has 1 aromatic carbocycles. The molecule has 1 rings (SSSR count). The lowest BCUT2D eigenvalue weighted by Crippen LogP contribution is -2.33. The maximum Gasteiger partial charge on any atom is 0.305 e. The number of nitro groups is 1. The van der Waals surface area contributed by atoms with Gasteiger partial charge in [-0.05, 0) is 12.5 Å². The van der Waals surface area contributed by atoms with Crippen molar-refractivity contribution in [3.63, 3.8) is 0 Å². The summed E-state index contributed by atoms with van der Waals surface area (Å²) < 4.78 is 18.6. The Morgan fingerprint density at radius 1 is 1.72 bits per heavy atom. The van der Waals surface area contributed by atoms with E-state index in [1.165, 1.54) is 6.07 Å². The van der Waals surface area contributed by atoms with Crippen LogP contribution in [0.15, 0.2) is 23.4 Å². The zero-order chi connectivity index (χ0) is 13.7. The number of nitro benzene ring substituents is 1. The van der Waals surface area contributed by atoms with E-state index in [2.05, 4.69) is 5.16 Å². The molecule has 1 atom stereocenters. The molecule has 8 heteroatoms. The van der Waals surface area contributed by atoms with Gasteiger partial charge in [0.1, 0.15) is 5.75 Å². The van der Waals surface area contributed by atoms with Crippen LogP contribution < -0.4 is 10.5 Å². The summed E-state index contributed by atoms with van der Waals surface area (Å²) in [4.78, 5) is 9.59. The van der Waals surface area contributed by atoms with Crippen molar-refractivity contribution in [2.75, 3.05) is 0 Å². The lowest BCUT2D eigenvalue weighted by Gasteiger charge is -2.15. The summed E-state index contributed by atoms with van der Waals surface area (Å²) in [5.41, 5.74) is 4.73. The van der Waals surface area contributed by atoms with Gasteiger partial charge in [0.05, 0.1) is 4.92 Å². The largest absolute Gasteiger partial charge is 0.482 e. The number of amidine groups is 1. The lowest BCUT2D eigenvalue weighted by molar-refractivity contribution is -0.387. The number of nitrogens with two attached hydrogens (primary N) is 1. The molecule has 0 aliphatic heterocycles. The summed E-state index contributed by atoms with van der Waals surface area (Å²) in [5, 5.41) is 21.7. The fourth-order valence-electron chi connectivity index (χ4n) is 1.29. The third-order valence-corrected chi connectivity index (χ3v) is 2.21. The fourth-order valence-corrected chi connectivity index (χ4v) is 1.29. The average Bonchev–Trinajstić information content (AvgIpc) is 2.34. The van der Waals surface area contributed by atoms with Gasteiger partial charge in [0, 0.05) is 12.1 Å². The Kier molecular flexibility index (Phi) is 4.41. The molecule has 0 bridgehead atoms. The number of benzene rings is 1. The third kappa shape index (κ3) is 3.06. The summed E-state index contributed by atoms with van der Waals surface area (Å²) in [6, 6.07) is 3.11. The second-order valence-corrected chi connectivity index (χ2v) is 3.41. The summed E-state index contributed by atoms with van der Waals surface area (Å²) in [5.74, 6) is -1.10. The van der Waals surface area contributed by atoms with Crippen LogP contribution in [0.3, 0.4) is 0 Å². The highest BCUT2D eigenvalue weighted by atomic mass is 19.1. The van der Waals surface area contributed by atoms with E-state index in [9.17, 15) is 14.5 Å². The lowest BCUT2D eigenvalue weighted by atomic mass is 10.2. The van der Waals surface area contributed by atoms with E-state index in [0.717, 1.165) is 12.1 Å². The second-order valence-electron chi connectivity index (χ2n) is 3.41. The molecular formula is C10H12FN3O4. The topological polar surface area (TPSA) is 111 Å². The molecule has 1 aromatic rings. The molecule has 0 fully saturated rings. The van der Waals surface area contributed by atoms with Crippen LogP contribution in [0.1, 0.15) is 13.3 Å². The van der Waals surface area contributed by atoms with Gasteiger partial charge >= 0.3 is 5.69 Å². The Hall–Kier alpha value is -2.38. The zero-order valence-electron chi connectivity index (χ0n) is 9.54. The molecule has 0 saturated carbocycles. The first-order valence-corrected chi connectivity index (χ1v) is 5.07. The van der Waals surface area contributed by atoms with Crippen molar-refractivity contribution in [3.8, 4) is 5.75 Å². The molecule has 1 unspecified atom stereocenters. The minimum Gasteiger partial charge on any atom is -0.482 e. The van der Waals surface area contributed by atoms with Crippen LogP contribution in [0.4, 0.5) is 10.1 Å². The number of halogens is 1. The minimum absolute atomic E-state index is 0.0663. The quantitative estimate of drug-likeness (QED) is 0.274. The molecular weight excluding hydrogens is 245 g/mol. The monoisotopic (exact) mass is 257 g/mol. The summed E-state index contributed by atoms with van der Waals surface area (Å²) in [6.07, 6.45) is -0.329. The fraction of sp³-hybridized carbons (Fsp3) is 0.300. The van der Waals surface area contributed by atoms with E-state index in [-0.39, 0.29) is 11.6 Å². The maximum absolute atomic E-state index is 13.3. The number of ether oxygens (including phenoxy) is 1. The molecule has 7 nitrogen and oxygen atoms in total. The molecule has 18 heavy (non-hydrogen) atoms. The van der Waals surface area contributed by atoms with Crippen molar-refractivity contribution in [2.24, 2.45) is 10.9 Å². The SMILES string of the molecule is CCC(Oc1ccc([N+](=O)[O-])c(F)c1)C(N)=NO. The predicted octanol–water partition coefficient (Wildman–Crippen LogP) is 1.64. The molecule has 0 aliphatic rings. The minimum atomic E-state index is -1.01. The standard InChI is InChI=1S/C10H12FN3O4/c1-2-9(10(12)13-15)18-6-3-4-8(14(16)17)7(11)5-6/h3-5,9,15H,2H2,1H3,(H2,12,13). The smallest absolute Gasteiger partial charge is 0.305 e. The van der Waals surface area contributed by atoms with Crippen LogP contribution in [-0.2, 0) is 0 Å². The van der Waals surface area contributed by atoms with Crippen molar-refractivity contribution in [2.45, 2.75) is 19.4 Å². The number of rotatable bonds is 5. The van der Waals surface area contributed by atoms with E-state index in [1.54, 1.807) is 6.92 Å². The van der Waals surface area contributed by atoms with Gasteiger partial charge in [-0.2, -0.15) is 4.39 Å². The van der Waals surface area contributed by atoms with Gasteiger partial charge in [0.2, 0.25) is 5.82 Å². The predicted molar refractivity (Wildman–Crippen MR) is 61.2 cm³/mol. The van der Waals surface area contributed by atoms with Gasteiger partial charge in [-0.15, -0.1) is 0 Å². The van der Waals surface area contributed by atoms with E-state index in [0.29, 0.717) is 6.42 Å².